The molecule has 0 radical (unpaired) electrons. The first-order valence-electron chi connectivity index (χ1n) is 6.43. The molecule has 3 heteroatoms. The number of rotatable bonds is 1. The van der Waals surface area contributed by atoms with Gasteiger partial charge in [-0.1, -0.05) is 41.9 Å². The predicted molar refractivity (Wildman–Crippen MR) is 77.7 cm³/mol. The van der Waals surface area contributed by atoms with Crippen LogP contribution in [0.4, 0.5) is 0 Å². The van der Waals surface area contributed by atoms with Crippen molar-refractivity contribution >= 4 is 11.6 Å². The number of nitrogens with zero attached hydrogens (tertiary/aromatic N) is 1. The highest BCUT2D eigenvalue weighted by atomic mass is 35.5. The summed E-state index contributed by atoms with van der Waals surface area (Å²) in [6.07, 6.45) is 0.967. The Balaban J connectivity index is 2.14. The van der Waals surface area contributed by atoms with E-state index in [1.165, 1.54) is 11.1 Å². The lowest BCUT2D eigenvalue weighted by molar-refractivity contribution is 0.264. The lowest BCUT2D eigenvalue weighted by Crippen LogP contribution is -2.32. The third kappa shape index (κ3) is 2.22. The van der Waals surface area contributed by atoms with Crippen molar-refractivity contribution in [3.63, 3.8) is 0 Å². The van der Waals surface area contributed by atoms with Crippen LogP contribution in [0.3, 0.4) is 0 Å². The summed E-state index contributed by atoms with van der Waals surface area (Å²) in [7, 11) is 2.12. The quantitative estimate of drug-likeness (QED) is 0.858. The van der Waals surface area contributed by atoms with E-state index in [4.69, 9.17) is 11.6 Å². The Bertz CT molecular complexity index is 597. The number of hydrogen-bond acceptors (Lipinski definition) is 2. The van der Waals surface area contributed by atoms with Gasteiger partial charge in [0.15, 0.2) is 0 Å². The second-order valence-corrected chi connectivity index (χ2v) is 5.45. The highest BCUT2D eigenvalue weighted by molar-refractivity contribution is 6.32. The van der Waals surface area contributed by atoms with Crippen LogP contribution in [-0.2, 0) is 6.42 Å². The lowest BCUT2D eigenvalue weighted by Gasteiger charge is -2.35. The Kier molecular flexibility index (Phi) is 3.21. The van der Waals surface area contributed by atoms with Crippen LogP contribution in [0.15, 0.2) is 42.5 Å². The van der Waals surface area contributed by atoms with Crippen molar-refractivity contribution < 1.29 is 5.11 Å². The third-order valence-electron chi connectivity index (χ3n) is 3.79. The standard InChI is InChI=1S/C16H16ClNO/c1-18-8-7-12-9-14(17)15(19)10-13(12)16(18)11-5-3-2-4-6-11/h2-6,9-10,16,19H,7-8H2,1H3/t16-/m1/s1. The monoisotopic (exact) mass is 273 g/mol. The molecule has 0 unspecified atom stereocenters. The van der Waals surface area contributed by atoms with Gasteiger partial charge in [-0.05, 0) is 42.3 Å². The topological polar surface area (TPSA) is 23.5 Å². The van der Waals surface area contributed by atoms with Gasteiger partial charge in [0, 0.05) is 6.54 Å². The van der Waals surface area contributed by atoms with E-state index >= 15 is 0 Å². The fourth-order valence-electron chi connectivity index (χ4n) is 2.82. The lowest BCUT2D eigenvalue weighted by atomic mass is 9.88. The number of benzene rings is 2. The smallest absolute Gasteiger partial charge is 0.134 e. The molecular formula is C16H16ClNO. The van der Waals surface area contributed by atoms with Crippen LogP contribution in [0.5, 0.6) is 5.75 Å². The molecular weight excluding hydrogens is 258 g/mol. The minimum absolute atomic E-state index is 0.164. The van der Waals surface area contributed by atoms with E-state index in [1.54, 1.807) is 0 Å². The van der Waals surface area contributed by atoms with E-state index in [9.17, 15) is 5.11 Å². The average Bonchev–Trinajstić information content (AvgIpc) is 2.42. The van der Waals surface area contributed by atoms with Crippen LogP contribution < -0.4 is 0 Å². The number of likely N-dealkylation sites (N-methyl/N-ethyl adjacent to an activating group) is 1. The molecule has 0 saturated heterocycles. The van der Waals surface area contributed by atoms with Crippen LogP contribution in [0.25, 0.3) is 0 Å². The number of hydrogen-bond donors (Lipinski definition) is 1. The van der Waals surface area contributed by atoms with Gasteiger partial charge in [0.05, 0.1) is 11.1 Å². The molecule has 0 bridgehead atoms. The first-order valence-corrected chi connectivity index (χ1v) is 6.81. The molecule has 0 amide bonds. The summed E-state index contributed by atoms with van der Waals surface area (Å²) < 4.78 is 0. The Morgan fingerprint density at radius 2 is 1.95 bits per heavy atom. The van der Waals surface area contributed by atoms with Crippen LogP contribution in [0.2, 0.25) is 5.02 Å². The predicted octanol–water partition coefficient (Wildman–Crippen LogP) is 3.62. The average molecular weight is 274 g/mol. The van der Waals surface area contributed by atoms with E-state index in [1.807, 2.05) is 30.3 Å². The Morgan fingerprint density at radius 1 is 1.21 bits per heavy atom. The maximum Gasteiger partial charge on any atom is 0.134 e. The number of aromatic hydroxyl groups is 1. The van der Waals surface area contributed by atoms with Crippen LogP contribution >= 0.6 is 11.6 Å². The van der Waals surface area contributed by atoms with Crippen molar-refractivity contribution in [3.8, 4) is 5.75 Å². The summed E-state index contributed by atoms with van der Waals surface area (Å²) in [4.78, 5) is 2.31. The van der Waals surface area contributed by atoms with Crippen molar-refractivity contribution in [3.05, 3.63) is 64.2 Å². The summed E-state index contributed by atoms with van der Waals surface area (Å²) >= 11 is 6.01. The zero-order valence-electron chi connectivity index (χ0n) is 10.8. The minimum Gasteiger partial charge on any atom is -0.506 e. The van der Waals surface area contributed by atoms with E-state index < -0.39 is 0 Å². The number of halogens is 1. The maximum absolute atomic E-state index is 9.88. The van der Waals surface area contributed by atoms with Crippen molar-refractivity contribution in [1.29, 1.82) is 0 Å². The SMILES string of the molecule is CN1CCc2cc(Cl)c(O)cc2[C@H]1c1ccccc1. The first-order chi connectivity index (χ1) is 9.16. The van der Waals surface area contributed by atoms with Gasteiger partial charge in [-0.2, -0.15) is 0 Å². The molecule has 2 aromatic rings. The summed E-state index contributed by atoms with van der Waals surface area (Å²) in [6, 6.07) is 14.3. The van der Waals surface area contributed by atoms with Gasteiger partial charge in [-0.3, -0.25) is 4.90 Å². The molecule has 98 valence electrons. The van der Waals surface area contributed by atoms with E-state index in [0.29, 0.717) is 5.02 Å². The summed E-state index contributed by atoms with van der Waals surface area (Å²) in [5.74, 6) is 0.164. The van der Waals surface area contributed by atoms with Crippen LogP contribution in [-0.4, -0.2) is 23.6 Å². The summed E-state index contributed by atoms with van der Waals surface area (Å²) in [6.45, 7) is 0.994. The van der Waals surface area contributed by atoms with Crippen molar-refractivity contribution in [2.45, 2.75) is 12.5 Å². The fourth-order valence-corrected chi connectivity index (χ4v) is 3.01. The molecule has 1 aliphatic heterocycles. The van der Waals surface area contributed by atoms with Crippen LogP contribution in [0, 0.1) is 0 Å². The van der Waals surface area contributed by atoms with Gasteiger partial charge in [0.1, 0.15) is 5.75 Å². The number of phenols is 1. The van der Waals surface area contributed by atoms with Crippen molar-refractivity contribution in [1.82, 2.24) is 4.90 Å². The highest BCUT2D eigenvalue weighted by Gasteiger charge is 2.27. The molecule has 0 aliphatic carbocycles. The molecule has 0 spiro atoms. The van der Waals surface area contributed by atoms with Gasteiger partial charge >= 0.3 is 0 Å². The van der Waals surface area contributed by atoms with Crippen molar-refractivity contribution in [2.24, 2.45) is 0 Å². The molecule has 0 saturated carbocycles. The maximum atomic E-state index is 9.88. The van der Waals surface area contributed by atoms with Crippen molar-refractivity contribution in [2.75, 3.05) is 13.6 Å². The summed E-state index contributed by atoms with van der Waals surface area (Å²) in [5.41, 5.74) is 3.63. The molecule has 3 rings (SSSR count). The molecule has 2 nitrogen and oxygen atoms in total. The second kappa shape index (κ2) is 4.87. The Labute approximate surface area is 118 Å². The molecule has 1 heterocycles. The molecule has 1 N–H and O–H groups in total. The van der Waals surface area contributed by atoms with Crippen LogP contribution in [0.1, 0.15) is 22.7 Å². The molecule has 0 aromatic heterocycles. The minimum atomic E-state index is 0.164. The Hall–Kier alpha value is -1.51. The summed E-state index contributed by atoms with van der Waals surface area (Å²) in [5, 5.41) is 10.3. The first kappa shape index (κ1) is 12.5. The van der Waals surface area contributed by atoms with Gasteiger partial charge in [-0.15, -0.1) is 0 Å². The molecule has 19 heavy (non-hydrogen) atoms. The van der Waals surface area contributed by atoms with Gasteiger partial charge in [0.2, 0.25) is 0 Å². The van der Waals surface area contributed by atoms with Gasteiger partial charge in [-0.25, -0.2) is 0 Å². The largest absolute Gasteiger partial charge is 0.506 e. The number of phenolic OH excluding ortho intramolecular Hbond substituents is 1. The normalized spacial score (nSPS) is 19.2. The van der Waals surface area contributed by atoms with Gasteiger partial charge in [0.25, 0.3) is 0 Å². The zero-order valence-corrected chi connectivity index (χ0v) is 11.6. The van der Waals surface area contributed by atoms with E-state index in [-0.39, 0.29) is 11.8 Å². The van der Waals surface area contributed by atoms with Gasteiger partial charge < -0.3 is 5.11 Å². The molecule has 0 fully saturated rings. The van der Waals surface area contributed by atoms with E-state index in [0.717, 1.165) is 18.5 Å². The number of fused-ring (bicyclic) bond motifs is 1. The zero-order chi connectivity index (χ0) is 13.4. The third-order valence-corrected chi connectivity index (χ3v) is 4.10. The van der Waals surface area contributed by atoms with E-state index in [2.05, 4.69) is 24.1 Å². The molecule has 1 aliphatic rings. The second-order valence-electron chi connectivity index (χ2n) is 5.05. The fraction of sp³-hybridized carbons (Fsp3) is 0.250. The molecule has 2 aromatic carbocycles. The Morgan fingerprint density at radius 3 is 2.68 bits per heavy atom. The molecule has 1 atom stereocenters. The highest BCUT2D eigenvalue weighted by Crippen LogP contribution is 2.38.